The fourth-order valence-corrected chi connectivity index (χ4v) is 1.07. The van der Waals surface area contributed by atoms with Crippen LogP contribution in [0.1, 0.15) is 6.92 Å². The van der Waals surface area contributed by atoms with Crippen LogP contribution < -0.4 is 5.73 Å². The molecule has 0 spiro atoms. The average molecular weight is 244 g/mol. The summed E-state index contributed by atoms with van der Waals surface area (Å²) in [5, 5.41) is 17.5. The molecule has 0 saturated carbocycles. The van der Waals surface area contributed by atoms with Crippen LogP contribution in [0.25, 0.3) is 0 Å². The number of carbonyl (C=O) groups is 1. The number of carbonyl (C=O) groups excluding carboxylic acids is 1. The molecule has 0 radical (unpaired) electrons. The zero-order valence-electron chi connectivity index (χ0n) is 10.0. The lowest BCUT2D eigenvalue weighted by Crippen LogP contribution is -2.24. The molecule has 0 unspecified atom stereocenters. The Morgan fingerprint density at radius 3 is 2.41 bits per heavy atom. The molecule has 17 heavy (non-hydrogen) atoms. The highest BCUT2D eigenvalue weighted by Gasteiger charge is 2.03. The fraction of sp³-hybridized carbons (Fsp3) is 0.545. The highest BCUT2D eigenvalue weighted by molar-refractivity contribution is 5.87. The van der Waals surface area contributed by atoms with Crippen LogP contribution in [-0.2, 0) is 9.53 Å². The van der Waals surface area contributed by atoms with Crippen molar-refractivity contribution in [2.45, 2.75) is 6.92 Å². The minimum Gasteiger partial charge on any atom is -0.461 e. The highest BCUT2D eigenvalue weighted by Crippen LogP contribution is 1.93. The summed E-state index contributed by atoms with van der Waals surface area (Å²) in [4.78, 5) is 12.8. The van der Waals surface area contributed by atoms with Gasteiger partial charge in [-0.25, -0.2) is 4.79 Å². The third-order valence-electron chi connectivity index (χ3n) is 1.86. The van der Waals surface area contributed by atoms with Crippen molar-refractivity contribution < 1.29 is 19.7 Å². The van der Waals surface area contributed by atoms with Gasteiger partial charge >= 0.3 is 5.97 Å². The van der Waals surface area contributed by atoms with E-state index in [-0.39, 0.29) is 25.5 Å². The van der Waals surface area contributed by atoms with Gasteiger partial charge in [0, 0.05) is 13.1 Å². The van der Waals surface area contributed by atoms with E-state index in [2.05, 4.69) is 0 Å². The Morgan fingerprint density at radius 2 is 1.94 bits per heavy atom. The van der Waals surface area contributed by atoms with Crippen LogP contribution in [0.4, 0.5) is 0 Å². The second-order valence-electron chi connectivity index (χ2n) is 3.17. The van der Waals surface area contributed by atoms with E-state index < -0.39 is 5.97 Å². The Morgan fingerprint density at radius 1 is 1.35 bits per heavy atom. The zero-order valence-corrected chi connectivity index (χ0v) is 10.0. The summed E-state index contributed by atoms with van der Waals surface area (Å²) in [5.41, 5.74) is 5.47. The smallest absolute Gasteiger partial charge is 0.354 e. The molecule has 0 bridgehead atoms. The lowest BCUT2D eigenvalue weighted by atomic mass is 10.4. The molecule has 0 rings (SSSR count). The highest BCUT2D eigenvalue weighted by atomic mass is 16.5. The molecule has 0 amide bonds. The predicted octanol–water partition coefficient (Wildman–Crippen LogP) is -0.808. The van der Waals surface area contributed by atoms with E-state index in [4.69, 9.17) is 20.7 Å². The molecule has 0 saturated heterocycles. The standard InChI is InChI=1S/C11H20N2O4/c1-2-17-11(16)10(12)4-3-5-13(6-8-14)7-9-15/h3-5,14-15H,2,6-9,12H2,1H3/b5-3+,10-4+. The van der Waals surface area contributed by atoms with Crippen LogP contribution in [0.3, 0.4) is 0 Å². The molecular weight excluding hydrogens is 224 g/mol. The summed E-state index contributed by atoms with van der Waals surface area (Å²) in [5.74, 6) is -0.562. The largest absolute Gasteiger partial charge is 0.461 e. The Kier molecular flexibility index (Phi) is 8.81. The monoisotopic (exact) mass is 244 g/mol. The summed E-state index contributed by atoms with van der Waals surface area (Å²) < 4.78 is 4.70. The lowest BCUT2D eigenvalue weighted by molar-refractivity contribution is -0.138. The third-order valence-corrected chi connectivity index (χ3v) is 1.86. The third kappa shape index (κ3) is 7.37. The number of ether oxygens (including phenoxy) is 1. The number of esters is 1. The van der Waals surface area contributed by atoms with E-state index in [0.29, 0.717) is 13.1 Å². The fourth-order valence-electron chi connectivity index (χ4n) is 1.07. The van der Waals surface area contributed by atoms with Gasteiger partial charge in [-0.05, 0) is 25.3 Å². The van der Waals surface area contributed by atoms with Gasteiger partial charge in [-0.15, -0.1) is 0 Å². The van der Waals surface area contributed by atoms with E-state index in [1.807, 2.05) is 0 Å². The van der Waals surface area contributed by atoms with Gasteiger partial charge in [0.15, 0.2) is 0 Å². The molecule has 0 atom stereocenters. The number of rotatable bonds is 8. The van der Waals surface area contributed by atoms with E-state index in [9.17, 15) is 4.79 Å². The number of hydrogen-bond donors (Lipinski definition) is 3. The van der Waals surface area contributed by atoms with Crippen LogP contribution in [-0.4, -0.2) is 54.0 Å². The van der Waals surface area contributed by atoms with Crippen LogP contribution in [0.2, 0.25) is 0 Å². The minimum absolute atomic E-state index is 0.0102. The maximum absolute atomic E-state index is 11.1. The minimum atomic E-state index is -0.562. The van der Waals surface area contributed by atoms with E-state index in [1.165, 1.54) is 6.08 Å². The van der Waals surface area contributed by atoms with Crippen molar-refractivity contribution in [3.05, 3.63) is 24.0 Å². The molecule has 0 aliphatic heterocycles. The summed E-state index contributed by atoms with van der Waals surface area (Å²) >= 11 is 0. The summed E-state index contributed by atoms with van der Waals surface area (Å²) in [6, 6.07) is 0. The van der Waals surface area contributed by atoms with Crippen LogP contribution in [0.15, 0.2) is 24.0 Å². The summed E-state index contributed by atoms with van der Waals surface area (Å²) in [6.07, 6.45) is 4.62. The van der Waals surface area contributed by atoms with Crippen LogP contribution >= 0.6 is 0 Å². The topological polar surface area (TPSA) is 96.0 Å². The SMILES string of the molecule is CCOC(=O)/C(N)=C\C=C\N(CCO)CCO. The van der Waals surface area contributed by atoms with Gasteiger partial charge in [0.2, 0.25) is 0 Å². The van der Waals surface area contributed by atoms with Crippen LogP contribution in [0.5, 0.6) is 0 Å². The molecule has 0 fully saturated rings. The van der Waals surface area contributed by atoms with Gasteiger partial charge < -0.3 is 25.6 Å². The van der Waals surface area contributed by atoms with Gasteiger partial charge in [0.25, 0.3) is 0 Å². The van der Waals surface area contributed by atoms with Crippen molar-refractivity contribution in [3.63, 3.8) is 0 Å². The molecule has 0 aliphatic rings. The van der Waals surface area contributed by atoms with E-state index in [0.717, 1.165) is 0 Å². The summed E-state index contributed by atoms with van der Waals surface area (Å²) in [6.45, 7) is 2.76. The van der Waals surface area contributed by atoms with E-state index >= 15 is 0 Å². The van der Waals surface area contributed by atoms with Gasteiger partial charge in [0.05, 0.1) is 19.8 Å². The van der Waals surface area contributed by atoms with Crippen molar-refractivity contribution >= 4 is 5.97 Å². The molecule has 6 heteroatoms. The van der Waals surface area contributed by atoms with Crippen molar-refractivity contribution in [2.24, 2.45) is 5.73 Å². The van der Waals surface area contributed by atoms with Gasteiger partial charge in [0.1, 0.15) is 5.70 Å². The molecule has 0 heterocycles. The molecule has 0 aromatic heterocycles. The van der Waals surface area contributed by atoms with Gasteiger partial charge in [-0.3, -0.25) is 0 Å². The zero-order chi connectivity index (χ0) is 13.1. The summed E-state index contributed by atoms with van der Waals surface area (Å²) in [7, 11) is 0. The van der Waals surface area contributed by atoms with Crippen molar-refractivity contribution in [2.75, 3.05) is 32.9 Å². The second-order valence-corrected chi connectivity index (χ2v) is 3.17. The maximum Gasteiger partial charge on any atom is 0.354 e. The normalized spacial score (nSPS) is 11.8. The first-order valence-electron chi connectivity index (χ1n) is 5.42. The van der Waals surface area contributed by atoms with Crippen molar-refractivity contribution in [1.29, 1.82) is 0 Å². The molecule has 6 nitrogen and oxygen atoms in total. The van der Waals surface area contributed by atoms with Gasteiger partial charge in [-0.2, -0.15) is 0 Å². The average Bonchev–Trinajstić information content (AvgIpc) is 2.29. The Hall–Kier alpha value is -1.53. The molecule has 4 N–H and O–H groups in total. The number of allylic oxidation sites excluding steroid dienone is 2. The van der Waals surface area contributed by atoms with E-state index in [1.54, 1.807) is 24.1 Å². The van der Waals surface area contributed by atoms with Crippen molar-refractivity contribution in [3.8, 4) is 0 Å². The Labute approximate surface area is 101 Å². The molecular formula is C11H20N2O4. The number of hydrogen-bond acceptors (Lipinski definition) is 6. The number of aliphatic hydroxyl groups excluding tert-OH is 2. The second kappa shape index (κ2) is 9.68. The first-order valence-corrected chi connectivity index (χ1v) is 5.42. The Bertz CT molecular complexity index is 271. The number of aliphatic hydroxyl groups is 2. The molecule has 98 valence electrons. The molecule has 0 aromatic rings. The molecule has 0 aliphatic carbocycles. The molecule has 0 aromatic carbocycles. The van der Waals surface area contributed by atoms with Crippen molar-refractivity contribution in [1.82, 2.24) is 4.90 Å². The maximum atomic E-state index is 11.1. The van der Waals surface area contributed by atoms with Gasteiger partial charge in [-0.1, -0.05) is 0 Å². The predicted molar refractivity (Wildman–Crippen MR) is 63.8 cm³/mol. The quantitative estimate of drug-likeness (QED) is 0.294. The Balaban J connectivity index is 4.28. The first kappa shape index (κ1) is 15.5. The lowest BCUT2D eigenvalue weighted by Gasteiger charge is -2.16. The van der Waals surface area contributed by atoms with Crippen LogP contribution in [0, 0.1) is 0 Å². The number of nitrogens with two attached hydrogens (primary N) is 1. The number of nitrogens with zero attached hydrogens (tertiary/aromatic N) is 1. The first-order chi connectivity index (χ1) is 8.15.